The fourth-order valence-corrected chi connectivity index (χ4v) is 5.27. The molecule has 11 heteroatoms. The summed E-state index contributed by atoms with van der Waals surface area (Å²) in [5.74, 6) is -0.148. The van der Waals surface area contributed by atoms with Crippen LogP contribution in [0.15, 0.2) is 10.4 Å². The third-order valence-electron chi connectivity index (χ3n) is 5.01. The highest BCUT2D eigenvalue weighted by molar-refractivity contribution is 7.91. The first-order valence-electron chi connectivity index (χ1n) is 9.83. The highest BCUT2D eigenvalue weighted by Crippen LogP contribution is 2.29. The smallest absolute Gasteiger partial charge is 0.323 e. The van der Waals surface area contributed by atoms with Crippen LogP contribution in [0.25, 0.3) is 0 Å². The summed E-state index contributed by atoms with van der Waals surface area (Å²) in [6.45, 7) is 6.37. The quantitative estimate of drug-likeness (QED) is 0.535. The van der Waals surface area contributed by atoms with Crippen molar-refractivity contribution in [2.45, 2.75) is 63.1 Å². The zero-order valence-corrected chi connectivity index (χ0v) is 18.7. The van der Waals surface area contributed by atoms with E-state index in [1.165, 1.54) is 0 Å². The Balaban J connectivity index is 2.06. The maximum Gasteiger partial charge on any atom is 0.323 e. The van der Waals surface area contributed by atoms with Crippen molar-refractivity contribution in [3.63, 3.8) is 0 Å². The van der Waals surface area contributed by atoms with Gasteiger partial charge in [0.1, 0.15) is 6.54 Å². The SMILES string of the molecule is CC(C)CCN(C(=O)Nc1ncc(S(=O)(=O)NCC(=O)O)s1)[C@H]1CC[C@H](C)CC1. The molecule has 1 heterocycles. The van der Waals surface area contributed by atoms with E-state index in [0.29, 0.717) is 18.4 Å². The van der Waals surface area contributed by atoms with Crippen molar-refractivity contribution in [3.8, 4) is 0 Å². The van der Waals surface area contributed by atoms with E-state index >= 15 is 0 Å². The Labute approximate surface area is 175 Å². The Hall–Kier alpha value is -1.72. The summed E-state index contributed by atoms with van der Waals surface area (Å²) in [5.41, 5.74) is 0. The predicted octanol–water partition coefficient (Wildman–Crippen LogP) is 2.96. The van der Waals surface area contributed by atoms with Crippen LogP contribution in [0.5, 0.6) is 0 Å². The Bertz CT molecular complexity index is 801. The molecular weight excluding hydrogens is 416 g/mol. The Morgan fingerprint density at radius 3 is 2.55 bits per heavy atom. The van der Waals surface area contributed by atoms with Crippen molar-refractivity contribution in [1.82, 2.24) is 14.6 Å². The molecule has 2 rings (SSSR count). The molecule has 0 radical (unpaired) electrons. The number of amides is 2. The van der Waals surface area contributed by atoms with Crippen LogP contribution in [0, 0.1) is 11.8 Å². The highest BCUT2D eigenvalue weighted by atomic mass is 32.2. The molecule has 0 atom stereocenters. The lowest BCUT2D eigenvalue weighted by atomic mass is 9.86. The Morgan fingerprint density at radius 1 is 1.31 bits per heavy atom. The third kappa shape index (κ3) is 7.23. The first-order chi connectivity index (χ1) is 13.6. The van der Waals surface area contributed by atoms with E-state index in [2.05, 4.69) is 31.1 Å². The van der Waals surface area contributed by atoms with Gasteiger partial charge in [0.15, 0.2) is 9.34 Å². The molecule has 0 aliphatic heterocycles. The molecule has 9 nitrogen and oxygen atoms in total. The molecule has 1 fully saturated rings. The van der Waals surface area contributed by atoms with Gasteiger partial charge in [0, 0.05) is 12.6 Å². The van der Waals surface area contributed by atoms with Gasteiger partial charge in [-0.25, -0.2) is 18.2 Å². The molecule has 0 saturated heterocycles. The number of thiazole rings is 1. The number of carbonyl (C=O) groups is 2. The minimum absolute atomic E-state index is 0.144. The number of carboxylic acids is 1. The summed E-state index contributed by atoms with van der Waals surface area (Å²) < 4.78 is 26.0. The maximum absolute atomic E-state index is 12.9. The number of hydrogen-bond acceptors (Lipinski definition) is 6. The second-order valence-corrected chi connectivity index (χ2v) is 10.9. The summed E-state index contributed by atoms with van der Waals surface area (Å²) >= 11 is 0.796. The summed E-state index contributed by atoms with van der Waals surface area (Å²) in [6.07, 6.45) is 6.10. The van der Waals surface area contributed by atoms with Crippen molar-refractivity contribution in [2.75, 3.05) is 18.4 Å². The molecule has 0 aromatic carbocycles. The van der Waals surface area contributed by atoms with Gasteiger partial charge in [-0.1, -0.05) is 32.1 Å². The number of nitrogens with one attached hydrogen (secondary N) is 2. The van der Waals surface area contributed by atoms with Crippen LogP contribution < -0.4 is 10.0 Å². The van der Waals surface area contributed by atoms with Crippen LogP contribution in [0.1, 0.15) is 52.9 Å². The lowest BCUT2D eigenvalue weighted by Gasteiger charge is -2.36. The number of rotatable bonds is 9. The van der Waals surface area contributed by atoms with Gasteiger partial charge in [-0.3, -0.25) is 10.1 Å². The van der Waals surface area contributed by atoms with E-state index in [-0.39, 0.29) is 21.4 Å². The molecule has 164 valence electrons. The van der Waals surface area contributed by atoms with Crippen molar-refractivity contribution in [1.29, 1.82) is 0 Å². The monoisotopic (exact) mass is 446 g/mol. The van der Waals surface area contributed by atoms with E-state index in [4.69, 9.17) is 5.11 Å². The first-order valence-corrected chi connectivity index (χ1v) is 12.1. The minimum Gasteiger partial charge on any atom is -0.480 e. The fraction of sp³-hybridized carbons (Fsp3) is 0.722. The molecule has 1 aromatic heterocycles. The lowest BCUT2D eigenvalue weighted by molar-refractivity contribution is -0.135. The largest absolute Gasteiger partial charge is 0.480 e. The van der Waals surface area contributed by atoms with Gasteiger partial charge in [0.25, 0.3) is 10.0 Å². The van der Waals surface area contributed by atoms with Crippen molar-refractivity contribution in [3.05, 3.63) is 6.20 Å². The van der Waals surface area contributed by atoms with Gasteiger partial charge < -0.3 is 10.0 Å². The number of aromatic nitrogens is 1. The fourth-order valence-electron chi connectivity index (χ4n) is 3.23. The number of aliphatic carboxylic acids is 1. The van der Waals surface area contributed by atoms with Gasteiger partial charge in [-0.2, -0.15) is 4.72 Å². The average molecular weight is 447 g/mol. The Kier molecular flexibility index (Phi) is 8.41. The Morgan fingerprint density at radius 2 is 1.97 bits per heavy atom. The number of urea groups is 1. The standard InChI is InChI=1S/C18H30N4O5S2/c1-12(2)8-9-22(14-6-4-13(3)5-7-14)18(25)21-17-19-11-16(28-17)29(26,27)20-10-15(23)24/h11-14,20H,4-10H2,1-3H3,(H,23,24)(H,19,21,25)/t13-,14-. The van der Waals surface area contributed by atoms with Crippen LogP contribution >= 0.6 is 11.3 Å². The van der Waals surface area contributed by atoms with E-state index in [0.717, 1.165) is 49.6 Å². The molecule has 0 bridgehead atoms. The molecule has 0 spiro atoms. The molecule has 1 saturated carbocycles. The van der Waals surface area contributed by atoms with E-state index in [9.17, 15) is 18.0 Å². The summed E-state index contributed by atoms with van der Waals surface area (Å²) in [7, 11) is -3.98. The van der Waals surface area contributed by atoms with Gasteiger partial charge >= 0.3 is 12.0 Å². The zero-order chi connectivity index (χ0) is 21.6. The average Bonchev–Trinajstić information content (AvgIpc) is 3.11. The lowest BCUT2D eigenvalue weighted by Crippen LogP contribution is -2.45. The third-order valence-corrected chi connectivity index (χ3v) is 7.79. The zero-order valence-electron chi connectivity index (χ0n) is 17.1. The van der Waals surface area contributed by atoms with Crippen LogP contribution in [0.3, 0.4) is 0 Å². The van der Waals surface area contributed by atoms with Crippen molar-refractivity contribution in [2.24, 2.45) is 11.8 Å². The molecule has 1 aliphatic carbocycles. The van der Waals surface area contributed by atoms with Gasteiger partial charge in [-0.05, 0) is 43.9 Å². The van der Waals surface area contributed by atoms with E-state index in [1.807, 2.05) is 9.62 Å². The van der Waals surface area contributed by atoms with E-state index < -0.39 is 22.5 Å². The molecule has 2 amide bonds. The summed E-state index contributed by atoms with van der Waals surface area (Å²) in [6, 6.07) is -0.104. The maximum atomic E-state index is 12.9. The van der Waals surface area contributed by atoms with Crippen molar-refractivity contribution >= 4 is 38.5 Å². The molecule has 3 N–H and O–H groups in total. The number of carboxylic acid groups (broad SMARTS) is 1. The van der Waals surface area contributed by atoms with Crippen LogP contribution in [-0.2, 0) is 14.8 Å². The molecule has 0 unspecified atom stereocenters. The van der Waals surface area contributed by atoms with Crippen LogP contribution in [-0.4, -0.2) is 54.5 Å². The van der Waals surface area contributed by atoms with Gasteiger partial charge in [-0.15, -0.1) is 0 Å². The number of sulfonamides is 1. The number of carbonyl (C=O) groups excluding carboxylic acids is 1. The second-order valence-electron chi connectivity index (χ2n) is 7.92. The minimum atomic E-state index is -3.98. The summed E-state index contributed by atoms with van der Waals surface area (Å²) in [5, 5.41) is 11.5. The molecular formula is C18H30N4O5S2. The second kappa shape index (κ2) is 10.4. The van der Waals surface area contributed by atoms with Crippen LogP contribution in [0.2, 0.25) is 0 Å². The van der Waals surface area contributed by atoms with E-state index in [1.54, 1.807) is 0 Å². The van der Waals surface area contributed by atoms with Gasteiger partial charge in [0.05, 0.1) is 6.20 Å². The molecule has 29 heavy (non-hydrogen) atoms. The highest BCUT2D eigenvalue weighted by Gasteiger charge is 2.28. The first kappa shape index (κ1) is 23.6. The predicted molar refractivity (Wildman–Crippen MR) is 112 cm³/mol. The molecule has 1 aliphatic rings. The number of hydrogen-bond donors (Lipinski definition) is 3. The van der Waals surface area contributed by atoms with Crippen LogP contribution in [0.4, 0.5) is 9.93 Å². The normalized spacial score (nSPS) is 19.9. The van der Waals surface area contributed by atoms with Crippen molar-refractivity contribution < 1.29 is 23.1 Å². The van der Waals surface area contributed by atoms with Gasteiger partial charge in [0.2, 0.25) is 0 Å². The topological polar surface area (TPSA) is 129 Å². The number of nitrogens with zero attached hydrogens (tertiary/aromatic N) is 2. The molecule has 1 aromatic rings. The summed E-state index contributed by atoms with van der Waals surface area (Å²) in [4.78, 5) is 29.3. The number of anilines is 1.